The fourth-order valence-electron chi connectivity index (χ4n) is 2.89. The highest BCUT2D eigenvalue weighted by Gasteiger charge is 2.20. The lowest BCUT2D eigenvalue weighted by atomic mass is 10.0. The summed E-state index contributed by atoms with van der Waals surface area (Å²) in [5.41, 5.74) is 3.08. The Morgan fingerprint density at radius 1 is 1.10 bits per heavy atom. The largest absolute Gasteiger partial charge is 0.495 e. The number of hydrogen-bond acceptors (Lipinski definition) is 5. The predicted octanol–water partition coefficient (Wildman–Crippen LogP) is 3.37. The molecular weight excluding hydrogens is 404 g/mol. The molecule has 30 heavy (non-hydrogen) atoms. The Labute approximate surface area is 175 Å². The number of aromatic nitrogens is 2. The smallest absolute Gasteiger partial charge is 0.273 e. The molecule has 0 unspecified atom stereocenters. The molecule has 0 saturated carbocycles. The van der Waals surface area contributed by atoms with Gasteiger partial charge in [-0.05, 0) is 54.9 Å². The number of aromatic amines is 1. The summed E-state index contributed by atoms with van der Waals surface area (Å²) >= 11 is 0. The first kappa shape index (κ1) is 21.5. The molecule has 0 aliphatic rings. The Balaban J connectivity index is 1.83. The van der Waals surface area contributed by atoms with Gasteiger partial charge in [-0.25, -0.2) is 13.1 Å². The highest BCUT2D eigenvalue weighted by Crippen LogP contribution is 2.29. The second-order valence-corrected chi connectivity index (χ2v) is 8.83. The van der Waals surface area contributed by atoms with Crippen LogP contribution in [-0.2, 0) is 10.0 Å². The number of methoxy groups -OCH3 is 1. The molecule has 3 N–H and O–H groups in total. The van der Waals surface area contributed by atoms with Gasteiger partial charge in [0.25, 0.3) is 5.91 Å². The summed E-state index contributed by atoms with van der Waals surface area (Å²) in [6.07, 6.45) is 0. The van der Waals surface area contributed by atoms with Gasteiger partial charge in [0.05, 0.1) is 12.8 Å². The molecule has 0 atom stereocenters. The molecule has 3 aromatic rings. The van der Waals surface area contributed by atoms with Crippen LogP contribution >= 0.6 is 0 Å². The van der Waals surface area contributed by atoms with Gasteiger partial charge < -0.3 is 10.1 Å². The van der Waals surface area contributed by atoms with E-state index in [1.54, 1.807) is 18.2 Å². The van der Waals surface area contributed by atoms with Crippen molar-refractivity contribution in [1.29, 1.82) is 0 Å². The molecule has 158 valence electrons. The molecule has 2 aromatic carbocycles. The fraction of sp³-hybridized carbons (Fsp3) is 0.238. The summed E-state index contributed by atoms with van der Waals surface area (Å²) in [5, 5.41) is 9.66. The van der Waals surface area contributed by atoms with E-state index in [9.17, 15) is 13.2 Å². The summed E-state index contributed by atoms with van der Waals surface area (Å²) in [7, 11) is -1.00. The van der Waals surface area contributed by atoms with E-state index in [-0.39, 0.29) is 22.2 Å². The monoisotopic (exact) mass is 428 g/mol. The number of nitrogens with zero attached hydrogens (tertiary/aromatic N) is 1. The van der Waals surface area contributed by atoms with Gasteiger partial charge in [-0.15, -0.1) is 0 Å². The van der Waals surface area contributed by atoms with E-state index in [0.29, 0.717) is 22.9 Å². The van der Waals surface area contributed by atoms with Crippen molar-refractivity contribution in [3.05, 3.63) is 59.8 Å². The molecule has 8 nitrogen and oxygen atoms in total. The Morgan fingerprint density at radius 3 is 2.40 bits per heavy atom. The van der Waals surface area contributed by atoms with Crippen LogP contribution in [0.1, 0.15) is 35.8 Å². The van der Waals surface area contributed by atoms with Crippen LogP contribution in [0.2, 0.25) is 0 Å². The van der Waals surface area contributed by atoms with Crippen LogP contribution in [0.3, 0.4) is 0 Å². The number of amides is 1. The molecule has 0 radical (unpaired) electrons. The summed E-state index contributed by atoms with van der Waals surface area (Å²) in [6.45, 7) is 4.21. The maximum absolute atomic E-state index is 12.5. The lowest BCUT2D eigenvalue weighted by molar-refractivity contribution is 0.102. The van der Waals surface area contributed by atoms with Crippen LogP contribution in [0, 0.1) is 0 Å². The number of H-pyrrole nitrogens is 1. The van der Waals surface area contributed by atoms with Crippen molar-refractivity contribution in [2.75, 3.05) is 19.5 Å². The fourth-order valence-corrected chi connectivity index (χ4v) is 3.81. The minimum Gasteiger partial charge on any atom is -0.495 e. The number of rotatable bonds is 7. The van der Waals surface area contributed by atoms with E-state index in [0.717, 1.165) is 0 Å². The van der Waals surface area contributed by atoms with Gasteiger partial charge in [0.2, 0.25) is 10.0 Å². The SMILES string of the molecule is CNS(=O)(=O)c1cc(-c2cc(C(=O)Nc3ccc(C(C)C)cc3)[nH]n2)ccc1OC. The highest BCUT2D eigenvalue weighted by atomic mass is 32.2. The third-order valence-corrected chi connectivity index (χ3v) is 6.11. The molecule has 0 aliphatic carbocycles. The third-order valence-electron chi connectivity index (χ3n) is 4.68. The van der Waals surface area contributed by atoms with Crippen LogP contribution in [0.5, 0.6) is 5.75 Å². The van der Waals surface area contributed by atoms with E-state index in [4.69, 9.17) is 4.74 Å². The zero-order valence-electron chi connectivity index (χ0n) is 17.2. The summed E-state index contributed by atoms with van der Waals surface area (Å²) < 4.78 is 31.9. The van der Waals surface area contributed by atoms with Gasteiger partial charge >= 0.3 is 0 Å². The number of sulfonamides is 1. The van der Waals surface area contributed by atoms with Gasteiger partial charge in [-0.1, -0.05) is 26.0 Å². The first-order valence-corrected chi connectivity index (χ1v) is 10.8. The molecule has 0 spiro atoms. The van der Waals surface area contributed by atoms with Crippen molar-refractivity contribution >= 4 is 21.6 Å². The van der Waals surface area contributed by atoms with Gasteiger partial charge in [0, 0.05) is 11.3 Å². The van der Waals surface area contributed by atoms with Crippen LogP contribution in [0.4, 0.5) is 5.69 Å². The van der Waals surface area contributed by atoms with E-state index in [2.05, 4.69) is 34.1 Å². The van der Waals surface area contributed by atoms with Gasteiger partial charge in [-0.2, -0.15) is 5.10 Å². The highest BCUT2D eigenvalue weighted by molar-refractivity contribution is 7.89. The average molecular weight is 429 g/mol. The molecule has 0 aliphatic heterocycles. The topological polar surface area (TPSA) is 113 Å². The second-order valence-electron chi connectivity index (χ2n) is 6.97. The van der Waals surface area contributed by atoms with Crippen LogP contribution in [-0.4, -0.2) is 38.7 Å². The molecule has 1 heterocycles. The molecule has 9 heteroatoms. The van der Waals surface area contributed by atoms with Crippen molar-refractivity contribution < 1.29 is 17.9 Å². The molecule has 1 aromatic heterocycles. The van der Waals surface area contributed by atoms with E-state index in [1.165, 1.54) is 25.8 Å². The number of benzene rings is 2. The normalized spacial score (nSPS) is 11.5. The van der Waals surface area contributed by atoms with Crippen LogP contribution < -0.4 is 14.8 Å². The minimum atomic E-state index is -3.72. The Morgan fingerprint density at radius 2 is 1.80 bits per heavy atom. The number of ether oxygens (including phenoxy) is 1. The lowest BCUT2D eigenvalue weighted by Crippen LogP contribution is -2.19. The zero-order chi connectivity index (χ0) is 21.9. The molecule has 1 amide bonds. The van der Waals surface area contributed by atoms with Crippen molar-refractivity contribution in [1.82, 2.24) is 14.9 Å². The number of carbonyl (C=O) groups is 1. The number of hydrogen-bond donors (Lipinski definition) is 3. The van der Waals surface area contributed by atoms with Gasteiger partial charge in [0.1, 0.15) is 16.3 Å². The maximum atomic E-state index is 12.5. The Kier molecular flexibility index (Phi) is 6.23. The van der Waals surface area contributed by atoms with Crippen molar-refractivity contribution in [3.8, 4) is 17.0 Å². The van der Waals surface area contributed by atoms with E-state index in [1.807, 2.05) is 24.3 Å². The third kappa shape index (κ3) is 4.52. The average Bonchev–Trinajstić information content (AvgIpc) is 3.24. The van der Waals surface area contributed by atoms with Gasteiger partial charge in [0.15, 0.2) is 0 Å². The van der Waals surface area contributed by atoms with Crippen molar-refractivity contribution in [3.63, 3.8) is 0 Å². The zero-order valence-corrected chi connectivity index (χ0v) is 18.0. The van der Waals surface area contributed by atoms with Crippen LogP contribution in [0.15, 0.2) is 53.4 Å². The number of anilines is 1. The summed E-state index contributed by atoms with van der Waals surface area (Å²) in [6, 6.07) is 13.9. The molecular formula is C21H24N4O4S. The molecule has 0 saturated heterocycles. The van der Waals surface area contributed by atoms with Gasteiger partial charge in [-0.3, -0.25) is 9.89 Å². The molecule has 3 rings (SSSR count). The van der Waals surface area contributed by atoms with E-state index < -0.39 is 10.0 Å². The number of carbonyl (C=O) groups excluding carboxylic acids is 1. The first-order chi connectivity index (χ1) is 14.2. The van der Waals surface area contributed by atoms with Crippen LogP contribution in [0.25, 0.3) is 11.3 Å². The van der Waals surface area contributed by atoms with E-state index >= 15 is 0 Å². The summed E-state index contributed by atoms with van der Waals surface area (Å²) in [4.78, 5) is 12.5. The predicted molar refractivity (Wildman–Crippen MR) is 115 cm³/mol. The maximum Gasteiger partial charge on any atom is 0.273 e. The quantitative estimate of drug-likeness (QED) is 0.534. The molecule has 0 fully saturated rings. The molecule has 0 bridgehead atoms. The Hall–Kier alpha value is -3.17. The minimum absolute atomic E-state index is 0.00996. The van der Waals surface area contributed by atoms with Crippen molar-refractivity contribution in [2.45, 2.75) is 24.7 Å². The lowest BCUT2D eigenvalue weighted by Gasteiger charge is -2.10. The first-order valence-electron chi connectivity index (χ1n) is 9.34. The second kappa shape index (κ2) is 8.68. The number of nitrogens with one attached hydrogen (secondary N) is 3. The Bertz CT molecular complexity index is 1150. The van der Waals surface area contributed by atoms with Crippen molar-refractivity contribution in [2.24, 2.45) is 0 Å². The standard InChI is InChI=1S/C21H24N4O4S/c1-13(2)14-5-8-16(9-6-14)23-21(26)18-12-17(24-25-18)15-7-10-19(29-4)20(11-15)30(27,28)22-3/h5-13,22H,1-4H3,(H,23,26)(H,24,25). The summed E-state index contributed by atoms with van der Waals surface area (Å²) in [5.74, 6) is 0.278.